The van der Waals surface area contributed by atoms with Gasteiger partial charge < -0.3 is 20.3 Å². The largest absolute Gasteiger partial charge is 0.387 e. The predicted octanol–water partition coefficient (Wildman–Crippen LogP) is 1.57. The third kappa shape index (κ3) is 2.59. The second-order valence-corrected chi connectivity index (χ2v) is 4.39. The molecule has 0 saturated carbocycles. The predicted molar refractivity (Wildman–Crippen MR) is 69.8 cm³/mol. The van der Waals surface area contributed by atoms with Crippen molar-refractivity contribution in [1.29, 1.82) is 0 Å². The van der Waals surface area contributed by atoms with Crippen molar-refractivity contribution in [2.24, 2.45) is 0 Å². The van der Waals surface area contributed by atoms with Gasteiger partial charge in [0, 0.05) is 19.1 Å². The zero-order valence-electron chi connectivity index (χ0n) is 10.5. The van der Waals surface area contributed by atoms with Gasteiger partial charge in [0.15, 0.2) is 0 Å². The average molecular weight is 250 g/mol. The van der Waals surface area contributed by atoms with Crippen LogP contribution in [0.4, 0.5) is 11.5 Å². The molecule has 0 aromatic carbocycles. The van der Waals surface area contributed by atoms with Gasteiger partial charge in [-0.25, -0.2) is 0 Å². The normalized spacial score (nSPS) is 19.5. The molecule has 1 unspecified atom stereocenters. The topological polar surface area (TPSA) is 71.3 Å². The molecule has 1 fully saturated rings. The van der Waals surface area contributed by atoms with E-state index in [1.165, 1.54) is 6.20 Å². The molecule has 6 heteroatoms. The van der Waals surface area contributed by atoms with Crippen LogP contribution in [0, 0.1) is 10.1 Å². The first-order valence-electron chi connectivity index (χ1n) is 6.30. The number of nitro groups is 1. The molecule has 0 amide bonds. The first-order chi connectivity index (χ1) is 8.74. The molecule has 6 nitrogen and oxygen atoms in total. The lowest BCUT2D eigenvalue weighted by atomic mass is 10.1. The van der Waals surface area contributed by atoms with E-state index in [1.807, 2.05) is 6.92 Å². The third-order valence-corrected chi connectivity index (χ3v) is 3.30. The van der Waals surface area contributed by atoms with Crippen molar-refractivity contribution in [1.82, 2.24) is 10.3 Å². The van der Waals surface area contributed by atoms with Crippen molar-refractivity contribution in [2.75, 3.05) is 24.5 Å². The molecule has 1 aliphatic rings. The number of rotatable bonds is 4. The molecule has 0 spiro atoms. The summed E-state index contributed by atoms with van der Waals surface area (Å²) >= 11 is 0. The monoisotopic (exact) mass is 250 g/mol. The first-order valence-corrected chi connectivity index (χ1v) is 6.30. The number of nitrogens with one attached hydrogen (secondary N) is 1. The minimum absolute atomic E-state index is 0.0510. The summed E-state index contributed by atoms with van der Waals surface area (Å²) in [6, 6.07) is 3.84. The molecule has 0 aliphatic carbocycles. The highest BCUT2D eigenvalue weighted by molar-refractivity contribution is 5.59. The second kappa shape index (κ2) is 5.77. The molecular formula is C12H18N4O2. The Bertz CT molecular complexity index is 418. The van der Waals surface area contributed by atoms with E-state index in [1.54, 1.807) is 12.1 Å². The van der Waals surface area contributed by atoms with Crippen molar-refractivity contribution in [2.45, 2.75) is 25.8 Å². The average Bonchev–Trinajstić information content (AvgIpc) is 2.41. The lowest BCUT2D eigenvalue weighted by Crippen LogP contribution is -2.46. The van der Waals surface area contributed by atoms with Crippen LogP contribution < -0.4 is 10.2 Å². The van der Waals surface area contributed by atoms with E-state index in [0.29, 0.717) is 11.7 Å². The van der Waals surface area contributed by atoms with Crippen molar-refractivity contribution >= 4 is 11.5 Å². The molecule has 2 rings (SSSR count). The molecule has 18 heavy (non-hydrogen) atoms. The van der Waals surface area contributed by atoms with E-state index in [-0.39, 0.29) is 5.82 Å². The molecule has 1 aromatic rings. The van der Waals surface area contributed by atoms with Crippen LogP contribution in [-0.4, -0.2) is 35.6 Å². The maximum atomic E-state index is 11.0. The molecule has 2 heterocycles. The van der Waals surface area contributed by atoms with Crippen molar-refractivity contribution in [3.05, 3.63) is 28.4 Å². The van der Waals surface area contributed by atoms with Gasteiger partial charge in [-0.3, -0.25) is 0 Å². The number of piperidine rings is 1. The number of hydrogen-bond donors (Lipinski definition) is 1. The molecule has 98 valence electrons. The summed E-state index contributed by atoms with van der Waals surface area (Å²) in [7, 11) is 0. The van der Waals surface area contributed by atoms with Crippen LogP contribution >= 0.6 is 0 Å². The summed E-state index contributed by atoms with van der Waals surface area (Å²) in [4.78, 5) is 16.6. The van der Waals surface area contributed by atoms with Gasteiger partial charge in [0.2, 0.25) is 0 Å². The van der Waals surface area contributed by atoms with Crippen LogP contribution in [0.5, 0.6) is 0 Å². The molecular weight excluding hydrogens is 232 g/mol. The maximum absolute atomic E-state index is 11.0. The Labute approximate surface area is 106 Å². The standard InChI is InChI=1S/C12H18N4O2/c1-2-15(10-5-3-7-13-9-10)11-6-4-8-14-12(11)16(17)18/h4,6,8,10,13H,2-3,5,7,9H2,1H3. The van der Waals surface area contributed by atoms with Crippen LogP contribution in [-0.2, 0) is 0 Å². The highest BCUT2D eigenvalue weighted by Crippen LogP contribution is 2.28. The fourth-order valence-corrected chi connectivity index (χ4v) is 2.48. The lowest BCUT2D eigenvalue weighted by Gasteiger charge is -2.34. The number of anilines is 1. The van der Waals surface area contributed by atoms with Crippen molar-refractivity contribution < 1.29 is 4.92 Å². The first kappa shape index (κ1) is 12.8. The van der Waals surface area contributed by atoms with Crippen LogP contribution in [0.3, 0.4) is 0 Å². The minimum atomic E-state index is -0.408. The van der Waals surface area contributed by atoms with Crippen LogP contribution in [0.2, 0.25) is 0 Å². The Balaban J connectivity index is 2.28. The Morgan fingerprint density at radius 3 is 3.11 bits per heavy atom. The SMILES string of the molecule is CCN(c1cccnc1[N+](=O)[O-])C1CCCNC1. The van der Waals surface area contributed by atoms with Crippen LogP contribution in [0.15, 0.2) is 18.3 Å². The molecule has 0 radical (unpaired) electrons. The van der Waals surface area contributed by atoms with Gasteiger partial charge in [-0.2, -0.15) is 0 Å². The molecule has 1 aliphatic heterocycles. The number of pyridine rings is 1. The van der Waals surface area contributed by atoms with E-state index in [4.69, 9.17) is 0 Å². The number of nitrogens with zero attached hydrogens (tertiary/aromatic N) is 3. The van der Waals surface area contributed by atoms with Gasteiger partial charge in [0.1, 0.15) is 11.9 Å². The summed E-state index contributed by atoms with van der Waals surface area (Å²) in [6.45, 7) is 4.67. The van der Waals surface area contributed by atoms with Gasteiger partial charge >= 0.3 is 5.82 Å². The van der Waals surface area contributed by atoms with Crippen LogP contribution in [0.1, 0.15) is 19.8 Å². The van der Waals surface area contributed by atoms with E-state index >= 15 is 0 Å². The third-order valence-electron chi connectivity index (χ3n) is 3.30. The van der Waals surface area contributed by atoms with Gasteiger partial charge in [-0.05, 0) is 48.4 Å². The molecule has 1 aromatic heterocycles. The quantitative estimate of drug-likeness (QED) is 0.648. The number of likely N-dealkylation sites (N-methyl/N-ethyl adjacent to an activating group) is 1. The fraction of sp³-hybridized carbons (Fsp3) is 0.583. The molecule has 0 bridgehead atoms. The maximum Gasteiger partial charge on any atom is 0.387 e. The molecule has 1 N–H and O–H groups in total. The zero-order chi connectivity index (χ0) is 13.0. The van der Waals surface area contributed by atoms with E-state index in [2.05, 4.69) is 15.2 Å². The highest BCUT2D eigenvalue weighted by Gasteiger charge is 2.26. The molecule has 1 atom stereocenters. The lowest BCUT2D eigenvalue weighted by molar-refractivity contribution is -0.388. The fourth-order valence-electron chi connectivity index (χ4n) is 2.48. The van der Waals surface area contributed by atoms with Gasteiger partial charge in [-0.1, -0.05) is 0 Å². The zero-order valence-corrected chi connectivity index (χ0v) is 10.5. The van der Waals surface area contributed by atoms with Gasteiger partial charge in [0.25, 0.3) is 0 Å². The van der Waals surface area contributed by atoms with E-state index in [9.17, 15) is 10.1 Å². The van der Waals surface area contributed by atoms with Gasteiger partial charge in [0.05, 0.1) is 0 Å². The van der Waals surface area contributed by atoms with Crippen molar-refractivity contribution in [3.63, 3.8) is 0 Å². The summed E-state index contributed by atoms with van der Waals surface area (Å²) < 4.78 is 0. The second-order valence-electron chi connectivity index (χ2n) is 4.39. The molecule has 1 saturated heterocycles. The number of aromatic nitrogens is 1. The van der Waals surface area contributed by atoms with Crippen LogP contribution in [0.25, 0.3) is 0 Å². The Morgan fingerprint density at radius 1 is 1.67 bits per heavy atom. The minimum Gasteiger partial charge on any atom is -0.361 e. The summed E-state index contributed by atoms with van der Waals surface area (Å²) in [5.41, 5.74) is 0.624. The highest BCUT2D eigenvalue weighted by atomic mass is 16.6. The Hall–Kier alpha value is -1.69. The number of hydrogen-bond acceptors (Lipinski definition) is 5. The summed E-state index contributed by atoms with van der Waals surface area (Å²) in [5.74, 6) is -0.0510. The summed E-state index contributed by atoms with van der Waals surface area (Å²) in [5, 5.41) is 14.4. The van der Waals surface area contributed by atoms with Crippen molar-refractivity contribution in [3.8, 4) is 0 Å². The smallest absolute Gasteiger partial charge is 0.361 e. The summed E-state index contributed by atoms with van der Waals surface area (Å²) in [6.07, 6.45) is 3.64. The Kier molecular flexibility index (Phi) is 4.09. The van der Waals surface area contributed by atoms with Gasteiger partial charge in [-0.15, -0.1) is 0 Å². The van der Waals surface area contributed by atoms with E-state index in [0.717, 1.165) is 32.5 Å². The Morgan fingerprint density at radius 2 is 2.50 bits per heavy atom. The van der Waals surface area contributed by atoms with E-state index < -0.39 is 4.92 Å².